The van der Waals surface area contributed by atoms with Crippen molar-refractivity contribution in [3.05, 3.63) is 76.4 Å². The van der Waals surface area contributed by atoms with Crippen LogP contribution in [-0.2, 0) is 11.3 Å². The van der Waals surface area contributed by atoms with Crippen LogP contribution in [0.1, 0.15) is 33.8 Å². The molecule has 0 radical (unpaired) electrons. The van der Waals surface area contributed by atoms with Crippen LogP contribution in [0.2, 0.25) is 0 Å². The number of aryl methyl sites for hydroxylation is 1. The Hall–Kier alpha value is -2.86. The molecule has 3 aromatic rings. The molecular weight excluding hydrogens is 384 g/mol. The lowest BCUT2D eigenvalue weighted by Crippen LogP contribution is -2.46. The molecule has 1 saturated heterocycles. The molecule has 29 heavy (non-hydrogen) atoms. The minimum atomic E-state index is -0.219. The molecule has 6 heteroatoms. The Kier molecular flexibility index (Phi) is 5.81. The second-order valence-electron chi connectivity index (χ2n) is 7.41. The number of anilines is 1. The molecule has 0 spiro atoms. The minimum absolute atomic E-state index is 0.0189. The van der Waals surface area contributed by atoms with Gasteiger partial charge in [-0.1, -0.05) is 23.8 Å². The number of carbonyl (C=O) groups excluding carboxylic acids is 2. The van der Waals surface area contributed by atoms with Crippen molar-refractivity contribution in [1.82, 2.24) is 4.90 Å². The van der Waals surface area contributed by atoms with Crippen molar-refractivity contribution in [2.75, 3.05) is 18.0 Å². The summed E-state index contributed by atoms with van der Waals surface area (Å²) >= 11 is 1.44. The molecule has 0 bridgehead atoms. The maximum absolute atomic E-state index is 13.5. The van der Waals surface area contributed by atoms with E-state index in [1.165, 1.54) is 11.3 Å². The van der Waals surface area contributed by atoms with Crippen LogP contribution in [0.3, 0.4) is 0 Å². The van der Waals surface area contributed by atoms with Crippen LogP contribution in [0.25, 0.3) is 0 Å². The van der Waals surface area contributed by atoms with Gasteiger partial charge in [-0.2, -0.15) is 0 Å². The first-order chi connectivity index (χ1) is 14.1. The van der Waals surface area contributed by atoms with E-state index in [9.17, 15) is 9.59 Å². The van der Waals surface area contributed by atoms with E-state index in [-0.39, 0.29) is 17.7 Å². The highest BCUT2D eigenvalue weighted by atomic mass is 32.1. The third-order valence-corrected chi connectivity index (χ3v) is 6.15. The van der Waals surface area contributed by atoms with Gasteiger partial charge in [-0.3, -0.25) is 9.59 Å². The van der Waals surface area contributed by atoms with Crippen LogP contribution in [0, 0.1) is 12.8 Å². The van der Waals surface area contributed by atoms with Crippen LogP contribution < -0.4 is 4.90 Å². The van der Waals surface area contributed by atoms with Gasteiger partial charge in [0.2, 0.25) is 5.91 Å². The van der Waals surface area contributed by atoms with E-state index in [0.717, 1.165) is 34.7 Å². The number of thiophene rings is 1. The van der Waals surface area contributed by atoms with Gasteiger partial charge in [-0.25, -0.2) is 0 Å². The Morgan fingerprint density at radius 1 is 1.17 bits per heavy atom. The number of benzene rings is 1. The summed E-state index contributed by atoms with van der Waals surface area (Å²) in [6.07, 6.45) is 3.23. The highest BCUT2D eigenvalue weighted by Crippen LogP contribution is 2.26. The molecule has 0 saturated carbocycles. The summed E-state index contributed by atoms with van der Waals surface area (Å²) < 4.78 is 5.50. The van der Waals surface area contributed by atoms with E-state index in [1.807, 2.05) is 65.7 Å². The summed E-state index contributed by atoms with van der Waals surface area (Å²) in [5.74, 6) is 0.574. The molecule has 4 rings (SSSR count). The average Bonchev–Trinajstić information content (AvgIpc) is 3.46. The van der Waals surface area contributed by atoms with Crippen LogP contribution in [0.4, 0.5) is 5.69 Å². The number of likely N-dealkylation sites (tertiary alicyclic amines) is 1. The van der Waals surface area contributed by atoms with Crippen LogP contribution in [-0.4, -0.2) is 29.8 Å². The number of furan rings is 1. The number of hydrogen-bond acceptors (Lipinski definition) is 4. The van der Waals surface area contributed by atoms with Gasteiger partial charge in [0.05, 0.1) is 23.6 Å². The zero-order valence-corrected chi connectivity index (χ0v) is 17.2. The fourth-order valence-corrected chi connectivity index (χ4v) is 4.41. The molecule has 2 amide bonds. The molecule has 0 N–H and O–H groups in total. The summed E-state index contributed by atoms with van der Waals surface area (Å²) in [4.78, 5) is 30.6. The second-order valence-corrected chi connectivity index (χ2v) is 8.35. The van der Waals surface area contributed by atoms with Gasteiger partial charge in [0.15, 0.2) is 0 Å². The lowest BCUT2D eigenvalue weighted by Gasteiger charge is -2.34. The molecule has 0 aliphatic carbocycles. The number of nitrogens with zero attached hydrogens (tertiary/aromatic N) is 2. The Morgan fingerprint density at radius 2 is 2.00 bits per heavy atom. The third kappa shape index (κ3) is 4.43. The molecule has 5 nitrogen and oxygen atoms in total. The van der Waals surface area contributed by atoms with Crippen LogP contribution in [0.5, 0.6) is 0 Å². The van der Waals surface area contributed by atoms with Crippen molar-refractivity contribution in [2.45, 2.75) is 26.3 Å². The fourth-order valence-electron chi connectivity index (χ4n) is 3.72. The normalized spacial score (nSPS) is 16.6. The standard InChI is InChI=1S/C23H24N2O3S/c1-17-8-10-19(11-9-17)25(16-20-6-3-13-28-20)22(26)18-5-2-12-24(15-18)23(27)21-7-4-14-29-21/h3-4,6-11,13-14,18H,2,5,12,15-16H2,1H3/t18-/m0/s1. The molecule has 1 aromatic carbocycles. The molecule has 3 heterocycles. The summed E-state index contributed by atoms with van der Waals surface area (Å²) in [6, 6.07) is 15.4. The lowest BCUT2D eigenvalue weighted by atomic mass is 9.95. The summed E-state index contributed by atoms with van der Waals surface area (Å²) in [6.45, 7) is 3.56. The zero-order chi connectivity index (χ0) is 20.2. The molecule has 150 valence electrons. The monoisotopic (exact) mass is 408 g/mol. The van der Waals surface area contributed by atoms with Gasteiger partial charge in [0.25, 0.3) is 5.91 Å². The van der Waals surface area contributed by atoms with Crippen molar-refractivity contribution in [2.24, 2.45) is 5.92 Å². The number of carbonyl (C=O) groups is 2. The first-order valence-electron chi connectivity index (χ1n) is 9.85. The SMILES string of the molecule is Cc1ccc(N(Cc2ccco2)C(=O)[C@H]2CCCN(C(=O)c3cccs3)C2)cc1. The van der Waals surface area contributed by atoms with Crippen molar-refractivity contribution in [1.29, 1.82) is 0 Å². The van der Waals surface area contributed by atoms with Gasteiger partial charge in [-0.15, -0.1) is 11.3 Å². The Labute approximate surface area is 174 Å². The average molecular weight is 409 g/mol. The molecule has 0 unspecified atom stereocenters. The summed E-state index contributed by atoms with van der Waals surface area (Å²) in [5, 5.41) is 1.91. The number of hydrogen-bond donors (Lipinski definition) is 0. The molecule has 1 fully saturated rings. The van der Waals surface area contributed by atoms with Crippen molar-refractivity contribution in [3.8, 4) is 0 Å². The van der Waals surface area contributed by atoms with E-state index >= 15 is 0 Å². The predicted molar refractivity (Wildman–Crippen MR) is 114 cm³/mol. The highest BCUT2D eigenvalue weighted by molar-refractivity contribution is 7.12. The Morgan fingerprint density at radius 3 is 2.69 bits per heavy atom. The lowest BCUT2D eigenvalue weighted by molar-refractivity contribution is -0.123. The maximum Gasteiger partial charge on any atom is 0.263 e. The third-order valence-electron chi connectivity index (χ3n) is 5.30. The first kappa shape index (κ1) is 19.5. The maximum atomic E-state index is 13.5. The molecular formula is C23H24N2O3S. The Bertz CT molecular complexity index is 949. The summed E-state index contributed by atoms with van der Waals surface area (Å²) in [7, 11) is 0. The molecule has 1 aliphatic heterocycles. The quantitative estimate of drug-likeness (QED) is 0.613. The van der Waals surface area contributed by atoms with Gasteiger partial charge in [-0.05, 0) is 55.5 Å². The van der Waals surface area contributed by atoms with E-state index in [0.29, 0.717) is 19.6 Å². The van der Waals surface area contributed by atoms with Gasteiger partial charge in [0.1, 0.15) is 5.76 Å². The van der Waals surface area contributed by atoms with Gasteiger partial charge in [0, 0.05) is 18.8 Å². The fraction of sp³-hybridized carbons (Fsp3) is 0.304. The number of amides is 2. The first-order valence-corrected chi connectivity index (χ1v) is 10.7. The van der Waals surface area contributed by atoms with Crippen LogP contribution >= 0.6 is 11.3 Å². The Balaban J connectivity index is 1.54. The number of rotatable bonds is 5. The smallest absolute Gasteiger partial charge is 0.263 e. The van der Waals surface area contributed by atoms with E-state index in [2.05, 4.69) is 0 Å². The van der Waals surface area contributed by atoms with Crippen molar-refractivity contribution >= 4 is 28.8 Å². The summed E-state index contributed by atoms with van der Waals surface area (Å²) in [5.41, 5.74) is 1.99. The van der Waals surface area contributed by atoms with E-state index < -0.39 is 0 Å². The van der Waals surface area contributed by atoms with E-state index in [1.54, 1.807) is 11.2 Å². The zero-order valence-electron chi connectivity index (χ0n) is 16.4. The second kappa shape index (κ2) is 8.66. The molecule has 1 aliphatic rings. The molecule has 1 atom stereocenters. The van der Waals surface area contributed by atoms with Crippen LogP contribution in [0.15, 0.2) is 64.6 Å². The largest absolute Gasteiger partial charge is 0.467 e. The minimum Gasteiger partial charge on any atom is -0.467 e. The van der Waals surface area contributed by atoms with Gasteiger partial charge >= 0.3 is 0 Å². The van der Waals surface area contributed by atoms with Crippen molar-refractivity contribution in [3.63, 3.8) is 0 Å². The highest BCUT2D eigenvalue weighted by Gasteiger charge is 2.32. The van der Waals surface area contributed by atoms with E-state index in [4.69, 9.17) is 4.42 Å². The molecule has 2 aromatic heterocycles. The predicted octanol–water partition coefficient (Wildman–Crippen LogP) is 4.74. The van der Waals surface area contributed by atoms with Crippen molar-refractivity contribution < 1.29 is 14.0 Å². The van der Waals surface area contributed by atoms with Gasteiger partial charge < -0.3 is 14.2 Å². The number of piperidine rings is 1. The topological polar surface area (TPSA) is 53.8 Å².